The highest BCUT2D eigenvalue weighted by Gasteiger charge is 2.37. The normalized spacial score (nSPS) is 29.1. The van der Waals surface area contributed by atoms with Crippen molar-refractivity contribution in [1.82, 2.24) is 5.06 Å². The summed E-state index contributed by atoms with van der Waals surface area (Å²) in [5, 5.41) is 10.6. The van der Waals surface area contributed by atoms with Gasteiger partial charge in [0.15, 0.2) is 0 Å². The molecule has 0 spiro atoms. The number of methoxy groups -OCH3 is 1. The lowest BCUT2D eigenvalue weighted by molar-refractivity contribution is -0.180. The van der Waals surface area contributed by atoms with E-state index < -0.39 is 18.1 Å². The number of hydrogen-bond acceptors (Lipinski definition) is 5. The van der Waals surface area contributed by atoms with Gasteiger partial charge in [-0.1, -0.05) is 0 Å². The Balaban J connectivity index is 2.55. The predicted molar refractivity (Wildman–Crippen MR) is 44.8 cm³/mol. The molecule has 72 valence electrons. The molecule has 13 heavy (non-hydrogen) atoms. The highest BCUT2D eigenvalue weighted by molar-refractivity contribution is 6.08. The van der Waals surface area contributed by atoms with Gasteiger partial charge >= 0.3 is 5.97 Å². The van der Waals surface area contributed by atoms with Crippen LogP contribution >= 0.6 is 0 Å². The third-order valence-electron chi connectivity index (χ3n) is 1.95. The van der Waals surface area contributed by atoms with Crippen molar-refractivity contribution >= 4 is 13.8 Å². The number of hydrogen-bond donors (Lipinski definition) is 1. The maximum atomic E-state index is 11.1. The number of carbonyl (C=O) groups excluding carboxylic acids is 1. The van der Waals surface area contributed by atoms with Crippen LogP contribution in [0.5, 0.6) is 0 Å². The molecule has 2 atom stereocenters. The molecular weight excluding hydrogens is 173 g/mol. The van der Waals surface area contributed by atoms with Crippen molar-refractivity contribution in [3.63, 3.8) is 0 Å². The maximum absolute atomic E-state index is 11.1. The van der Waals surface area contributed by atoms with Gasteiger partial charge in [0.1, 0.15) is 13.9 Å². The Hall–Kier alpha value is -0.585. The molecule has 0 bridgehead atoms. The summed E-state index contributed by atoms with van der Waals surface area (Å²) in [6.07, 6.45) is -0.234. The average molecular weight is 185 g/mol. The topological polar surface area (TPSA) is 59.0 Å². The van der Waals surface area contributed by atoms with Crippen molar-refractivity contribution in [3.8, 4) is 0 Å². The molecule has 0 aromatic carbocycles. The van der Waals surface area contributed by atoms with Crippen molar-refractivity contribution in [3.05, 3.63) is 0 Å². The first-order chi connectivity index (χ1) is 6.19. The maximum Gasteiger partial charge on any atom is 0.325 e. The summed E-state index contributed by atoms with van der Waals surface area (Å²) in [4.78, 5) is 16.1. The minimum absolute atomic E-state index is 0.0137. The summed E-state index contributed by atoms with van der Waals surface area (Å²) in [6, 6.07) is -0.538. The molecule has 1 heterocycles. The Kier molecular flexibility index (Phi) is 3.71. The third-order valence-corrected chi connectivity index (χ3v) is 1.95. The van der Waals surface area contributed by atoms with Gasteiger partial charge in [-0.15, -0.1) is 0 Å². The molecule has 5 nitrogen and oxygen atoms in total. The third kappa shape index (κ3) is 2.43. The van der Waals surface area contributed by atoms with Gasteiger partial charge in [-0.25, -0.2) is 0 Å². The summed E-state index contributed by atoms with van der Waals surface area (Å²) >= 11 is 0. The van der Waals surface area contributed by atoms with Crippen LogP contribution in [0.15, 0.2) is 0 Å². The zero-order chi connectivity index (χ0) is 9.84. The van der Waals surface area contributed by atoms with Crippen LogP contribution in [0.3, 0.4) is 0 Å². The molecule has 1 saturated heterocycles. The quantitative estimate of drug-likeness (QED) is 0.435. The van der Waals surface area contributed by atoms with Gasteiger partial charge in [0.05, 0.1) is 19.8 Å². The van der Waals surface area contributed by atoms with Gasteiger partial charge in [0, 0.05) is 12.9 Å². The number of ether oxygens (including phenoxy) is 1. The minimum Gasteiger partial charge on any atom is -0.468 e. The largest absolute Gasteiger partial charge is 0.468 e. The van der Waals surface area contributed by atoms with E-state index in [1.165, 1.54) is 12.2 Å². The van der Waals surface area contributed by atoms with Crippen LogP contribution in [0.2, 0.25) is 0 Å². The van der Waals surface area contributed by atoms with E-state index in [0.29, 0.717) is 6.42 Å². The van der Waals surface area contributed by atoms with Crippen molar-refractivity contribution < 1.29 is 19.5 Å². The van der Waals surface area contributed by atoms with Gasteiger partial charge in [-0.3, -0.25) is 4.79 Å². The molecule has 0 aromatic rings. The second kappa shape index (κ2) is 4.60. The van der Waals surface area contributed by atoms with Crippen molar-refractivity contribution in [1.29, 1.82) is 0 Å². The standard InChI is InChI=1S/C7H12BNO4/c1-12-7(11)6-2-5(10)3-9(6)13-4-8/h5-6,10H,2-4H2,1H3. The van der Waals surface area contributed by atoms with Crippen molar-refractivity contribution in [2.45, 2.75) is 18.6 Å². The van der Waals surface area contributed by atoms with Gasteiger partial charge in [-0.2, -0.15) is 5.06 Å². The van der Waals surface area contributed by atoms with E-state index >= 15 is 0 Å². The second-order valence-electron chi connectivity index (χ2n) is 2.82. The van der Waals surface area contributed by atoms with E-state index in [1.807, 2.05) is 0 Å². The molecule has 0 aromatic heterocycles. The van der Waals surface area contributed by atoms with Gasteiger partial charge in [0.2, 0.25) is 0 Å². The number of hydroxylamine groups is 2. The van der Waals surface area contributed by atoms with Crippen LogP contribution in [0, 0.1) is 0 Å². The fourth-order valence-electron chi connectivity index (χ4n) is 1.37. The summed E-state index contributed by atoms with van der Waals surface area (Å²) in [5.41, 5.74) is 0. The first-order valence-corrected chi connectivity index (χ1v) is 4.04. The Morgan fingerprint density at radius 3 is 3.00 bits per heavy atom. The first-order valence-electron chi connectivity index (χ1n) is 4.04. The molecular formula is C7H12BNO4. The van der Waals surface area contributed by atoms with Crippen LogP contribution in [-0.4, -0.2) is 56.3 Å². The molecule has 0 saturated carbocycles. The molecule has 6 heteroatoms. The van der Waals surface area contributed by atoms with Crippen LogP contribution in [0.1, 0.15) is 6.42 Å². The van der Waals surface area contributed by atoms with Gasteiger partial charge in [-0.05, 0) is 0 Å². The molecule has 1 aliphatic heterocycles. The molecule has 2 unspecified atom stereocenters. The van der Waals surface area contributed by atoms with E-state index in [9.17, 15) is 9.90 Å². The monoisotopic (exact) mass is 185 g/mol. The number of nitrogens with zero attached hydrogens (tertiary/aromatic N) is 1. The van der Waals surface area contributed by atoms with Gasteiger partial charge in [0.25, 0.3) is 0 Å². The summed E-state index contributed by atoms with van der Waals surface area (Å²) in [7, 11) is 6.46. The van der Waals surface area contributed by atoms with Crippen molar-refractivity contribution in [2.75, 3.05) is 20.2 Å². The first kappa shape index (κ1) is 10.5. The van der Waals surface area contributed by atoms with E-state index in [1.54, 1.807) is 0 Å². The van der Waals surface area contributed by atoms with Crippen molar-refractivity contribution in [2.24, 2.45) is 0 Å². The number of aliphatic hydroxyl groups excluding tert-OH is 1. The van der Waals surface area contributed by atoms with E-state index in [4.69, 9.17) is 12.7 Å². The molecule has 2 radical (unpaired) electrons. The highest BCUT2D eigenvalue weighted by atomic mass is 16.7. The molecule has 0 aliphatic carbocycles. The molecule has 1 fully saturated rings. The average Bonchev–Trinajstić information content (AvgIpc) is 2.46. The Morgan fingerprint density at radius 1 is 1.77 bits per heavy atom. The number of esters is 1. The lowest BCUT2D eigenvalue weighted by Gasteiger charge is -2.20. The molecule has 1 aliphatic rings. The predicted octanol–water partition coefficient (Wildman–Crippen LogP) is -1.35. The van der Waals surface area contributed by atoms with E-state index in [-0.39, 0.29) is 13.1 Å². The van der Waals surface area contributed by atoms with Crippen LogP contribution in [-0.2, 0) is 14.4 Å². The lowest BCUT2D eigenvalue weighted by Crippen LogP contribution is -2.37. The number of rotatable bonds is 3. The molecule has 0 amide bonds. The van der Waals surface area contributed by atoms with Crippen LogP contribution in [0.25, 0.3) is 0 Å². The fourth-order valence-corrected chi connectivity index (χ4v) is 1.37. The summed E-state index contributed by atoms with van der Waals surface area (Å²) in [5.74, 6) is -0.412. The Morgan fingerprint density at radius 2 is 2.46 bits per heavy atom. The summed E-state index contributed by atoms with van der Waals surface area (Å²) in [6.45, 7) is 0.275. The van der Waals surface area contributed by atoms with Crippen LogP contribution in [0.4, 0.5) is 0 Å². The second-order valence-corrected chi connectivity index (χ2v) is 2.82. The number of β-amino-alcohol motifs (C(OH)–C–C–N with tert-alkyl or cyclic N) is 1. The minimum atomic E-state index is -0.560. The lowest BCUT2D eigenvalue weighted by atomic mass is 10.2. The molecule has 1 rings (SSSR count). The highest BCUT2D eigenvalue weighted by Crippen LogP contribution is 2.18. The van der Waals surface area contributed by atoms with E-state index in [0.717, 1.165) is 0 Å². The Labute approximate surface area is 78.0 Å². The fraction of sp³-hybridized carbons (Fsp3) is 0.857. The van der Waals surface area contributed by atoms with E-state index in [2.05, 4.69) is 4.74 Å². The molecule has 1 N–H and O–H groups in total. The zero-order valence-electron chi connectivity index (χ0n) is 7.47. The Bertz CT molecular complexity index is 189. The number of carbonyl (C=O) groups is 1. The van der Waals surface area contributed by atoms with Crippen LogP contribution < -0.4 is 0 Å². The summed E-state index contributed by atoms with van der Waals surface area (Å²) < 4.78 is 4.55. The smallest absolute Gasteiger partial charge is 0.325 e. The number of aliphatic hydroxyl groups is 1. The van der Waals surface area contributed by atoms with Gasteiger partial charge < -0.3 is 14.7 Å². The zero-order valence-corrected chi connectivity index (χ0v) is 7.47. The SMILES string of the molecule is [B]CON1CC(O)CC1C(=O)OC.